The third-order valence-electron chi connectivity index (χ3n) is 4.75. The monoisotopic (exact) mass is 278 g/mol. The minimum atomic E-state index is 0.457. The lowest BCUT2D eigenvalue weighted by molar-refractivity contribution is 0.211. The van der Waals surface area contributed by atoms with E-state index in [9.17, 15) is 0 Å². The molecule has 3 rings (SSSR count). The summed E-state index contributed by atoms with van der Waals surface area (Å²) in [4.78, 5) is 2.69. The first-order valence-corrected chi connectivity index (χ1v) is 7.65. The molecule has 0 bridgehead atoms. The van der Waals surface area contributed by atoms with Crippen LogP contribution in [0.3, 0.4) is 0 Å². The van der Waals surface area contributed by atoms with Crippen molar-refractivity contribution in [2.24, 2.45) is 13.0 Å². The number of methoxy groups -OCH3 is 1. The molecule has 2 unspecified atom stereocenters. The molecule has 5 nitrogen and oxygen atoms in total. The molecule has 1 saturated carbocycles. The highest BCUT2D eigenvalue weighted by Gasteiger charge is 2.44. The van der Waals surface area contributed by atoms with E-state index in [2.05, 4.69) is 22.2 Å². The van der Waals surface area contributed by atoms with Gasteiger partial charge in [0.1, 0.15) is 0 Å². The van der Waals surface area contributed by atoms with Crippen molar-refractivity contribution >= 4 is 0 Å². The average Bonchev–Trinajstić information content (AvgIpc) is 3.12. The van der Waals surface area contributed by atoms with E-state index in [1.807, 2.05) is 18.8 Å². The number of hydrogen-bond donors (Lipinski definition) is 1. The number of rotatable bonds is 5. The van der Waals surface area contributed by atoms with Gasteiger partial charge in [-0.2, -0.15) is 5.10 Å². The SMILES string of the molecule is CNCC1CCN(C2CC2)C1c1c(C)nn(C)c1OC. The normalized spacial score (nSPS) is 27.2. The maximum atomic E-state index is 5.64. The summed E-state index contributed by atoms with van der Waals surface area (Å²) in [6.45, 7) is 4.38. The van der Waals surface area contributed by atoms with Crippen LogP contribution in [0.15, 0.2) is 0 Å². The van der Waals surface area contributed by atoms with Crippen LogP contribution in [0.5, 0.6) is 5.88 Å². The molecule has 0 spiro atoms. The van der Waals surface area contributed by atoms with Gasteiger partial charge in [-0.25, -0.2) is 4.68 Å². The highest BCUT2D eigenvalue weighted by molar-refractivity contribution is 5.36. The van der Waals surface area contributed by atoms with Crippen LogP contribution >= 0.6 is 0 Å². The van der Waals surface area contributed by atoms with Crippen LogP contribution in [0.25, 0.3) is 0 Å². The number of hydrogen-bond acceptors (Lipinski definition) is 4. The van der Waals surface area contributed by atoms with Gasteiger partial charge in [-0.05, 0) is 52.2 Å². The molecular formula is C15H26N4O. The van der Waals surface area contributed by atoms with Gasteiger partial charge in [-0.15, -0.1) is 0 Å². The zero-order valence-electron chi connectivity index (χ0n) is 13.0. The Balaban J connectivity index is 1.98. The molecule has 1 aromatic rings. The summed E-state index contributed by atoms with van der Waals surface area (Å²) in [5.74, 6) is 1.58. The van der Waals surface area contributed by atoms with Gasteiger partial charge in [-0.1, -0.05) is 0 Å². The van der Waals surface area contributed by atoms with E-state index in [0.717, 1.165) is 24.2 Å². The van der Waals surface area contributed by atoms with Gasteiger partial charge in [0.25, 0.3) is 0 Å². The first-order chi connectivity index (χ1) is 9.67. The van der Waals surface area contributed by atoms with E-state index in [4.69, 9.17) is 4.74 Å². The van der Waals surface area contributed by atoms with Crippen molar-refractivity contribution in [3.05, 3.63) is 11.3 Å². The fourth-order valence-corrected chi connectivity index (χ4v) is 3.81. The molecule has 1 saturated heterocycles. The van der Waals surface area contributed by atoms with Crippen LogP contribution in [-0.2, 0) is 7.05 Å². The van der Waals surface area contributed by atoms with Gasteiger partial charge in [-0.3, -0.25) is 4.90 Å². The lowest BCUT2D eigenvalue weighted by Crippen LogP contribution is -2.31. The Morgan fingerprint density at radius 1 is 1.35 bits per heavy atom. The summed E-state index contributed by atoms with van der Waals surface area (Å²) >= 11 is 0. The predicted molar refractivity (Wildman–Crippen MR) is 79.0 cm³/mol. The highest BCUT2D eigenvalue weighted by Crippen LogP contribution is 2.47. The van der Waals surface area contributed by atoms with Crippen LogP contribution in [-0.4, -0.2) is 48.0 Å². The lowest BCUT2D eigenvalue weighted by atomic mass is 9.93. The second-order valence-corrected chi connectivity index (χ2v) is 6.15. The van der Waals surface area contributed by atoms with E-state index in [0.29, 0.717) is 12.0 Å². The summed E-state index contributed by atoms with van der Waals surface area (Å²) < 4.78 is 7.52. The van der Waals surface area contributed by atoms with Crippen molar-refractivity contribution in [3.63, 3.8) is 0 Å². The van der Waals surface area contributed by atoms with Crippen LogP contribution in [0.2, 0.25) is 0 Å². The largest absolute Gasteiger partial charge is 0.481 e. The van der Waals surface area contributed by atoms with Gasteiger partial charge in [0.15, 0.2) is 0 Å². The molecule has 20 heavy (non-hydrogen) atoms. The number of nitrogens with zero attached hydrogens (tertiary/aromatic N) is 3. The first kappa shape index (κ1) is 13.9. The Morgan fingerprint density at radius 2 is 2.10 bits per heavy atom. The minimum absolute atomic E-state index is 0.457. The van der Waals surface area contributed by atoms with Crippen LogP contribution < -0.4 is 10.1 Å². The van der Waals surface area contributed by atoms with Crippen LogP contribution in [0.4, 0.5) is 0 Å². The zero-order chi connectivity index (χ0) is 14.3. The molecule has 2 heterocycles. The maximum Gasteiger partial charge on any atom is 0.216 e. The molecule has 0 amide bonds. The second-order valence-electron chi connectivity index (χ2n) is 6.15. The molecule has 2 aliphatic rings. The Bertz CT molecular complexity index is 480. The van der Waals surface area contributed by atoms with Crippen molar-refractivity contribution in [1.82, 2.24) is 20.0 Å². The molecule has 1 aliphatic heterocycles. The summed E-state index contributed by atoms with van der Waals surface area (Å²) in [5, 5.41) is 7.94. The van der Waals surface area contributed by atoms with Gasteiger partial charge in [0.05, 0.1) is 18.4 Å². The number of aromatic nitrogens is 2. The lowest BCUT2D eigenvalue weighted by Gasteiger charge is -2.28. The van der Waals surface area contributed by atoms with Crippen LogP contribution in [0, 0.1) is 12.8 Å². The van der Waals surface area contributed by atoms with E-state index in [-0.39, 0.29) is 0 Å². The molecule has 1 aromatic heterocycles. The standard InChI is InChI=1S/C15H26N4O/c1-10-13(15(20-4)18(3)17-10)14-11(9-16-2)7-8-19(14)12-5-6-12/h11-12,14,16H,5-9H2,1-4H3. The van der Waals surface area contributed by atoms with E-state index in [1.165, 1.54) is 31.4 Å². The molecule has 112 valence electrons. The summed E-state index contributed by atoms with van der Waals surface area (Å²) in [6, 6.07) is 1.24. The molecule has 1 N–H and O–H groups in total. The molecule has 5 heteroatoms. The summed E-state index contributed by atoms with van der Waals surface area (Å²) in [7, 11) is 5.77. The van der Waals surface area contributed by atoms with Gasteiger partial charge in [0, 0.05) is 19.1 Å². The Kier molecular flexibility index (Phi) is 3.73. The average molecular weight is 278 g/mol. The van der Waals surface area contributed by atoms with Gasteiger partial charge >= 0.3 is 0 Å². The maximum absolute atomic E-state index is 5.64. The molecule has 2 fully saturated rings. The van der Waals surface area contributed by atoms with Gasteiger partial charge < -0.3 is 10.1 Å². The van der Waals surface area contributed by atoms with Crippen molar-refractivity contribution in [3.8, 4) is 5.88 Å². The van der Waals surface area contributed by atoms with E-state index >= 15 is 0 Å². The van der Waals surface area contributed by atoms with Crippen molar-refractivity contribution in [2.75, 3.05) is 27.2 Å². The third-order valence-corrected chi connectivity index (χ3v) is 4.75. The number of nitrogens with one attached hydrogen (secondary N) is 1. The molecule has 2 atom stereocenters. The number of likely N-dealkylation sites (tertiary alicyclic amines) is 1. The highest BCUT2D eigenvalue weighted by atomic mass is 16.5. The minimum Gasteiger partial charge on any atom is -0.481 e. The Morgan fingerprint density at radius 3 is 2.70 bits per heavy atom. The summed E-state index contributed by atoms with van der Waals surface area (Å²) in [5.41, 5.74) is 2.42. The fourth-order valence-electron chi connectivity index (χ4n) is 3.81. The molecular weight excluding hydrogens is 252 g/mol. The zero-order valence-corrected chi connectivity index (χ0v) is 13.0. The van der Waals surface area contributed by atoms with Crippen molar-refractivity contribution in [1.29, 1.82) is 0 Å². The fraction of sp³-hybridized carbons (Fsp3) is 0.800. The molecule has 1 aliphatic carbocycles. The number of ether oxygens (including phenoxy) is 1. The predicted octanol–water partition coefficient (Wildman–Crippen LogP) is 1.48. The first-order valence-electron chi connectivity index (χ1n) is 7.65. The smallest absolute Gasteiger partial charge is 0.216 e. The van der Waals surface area contributed by atoms with Crippen molar-refractivity contribution in [2.45, 2.75) is 38.3 Å². The Hall–Kier alpha value is -1.07. The number of aryl methyl sites for hydroxylation is 2. The topological polar surface area (TPSA) is 42.3 Å². The third kappa shape index (κ3) is 2.23. The summed E-state index contributed by atoms with van der Waals surface area (Å²) in [6.07, 6.45) is 3.97. The van der Waals surface area contributed by atoms with E-state index < -0.39 is 0 Å². The quantitative estimate of drug-likeness (QED) is 0.886. The van der Waals surface area contributed by atoms with Crippen LogP contribution in [0.1, 0.15) is 36.6 Å². The molecule has 0 aromatic carbocycles. The second kappa shape index (κ2) is 5.37. The van der Waals surface area contributed by atoms with E-state index in [1.54, 1.807) is 7.11 Å². The Labute approximate surface area is 121 Å². The van der Waals surface area contributed by atoms with Crippen molar-refractivity contribution < 1.29 is 4.74 Å². The van der Waals surface area contributed by atoms with Gasteiger partial charge in [0.2, 0.25) is 5.88 Å². The molecule has 0 radical (unpaired) electrons.